The van der Waals surface area contributed by atoms with Crippen molar-refractivity contribution in [1.82, 2.24) is 10.3 Å². The number of rotatable bonds is 7. The molecule has 3 nitrogen and oxygen atoms in total. The van der Waals surface area contributed by atoms with Gasteiger partial charge in [-0.3, -0.25) is 4.79 Å². The van der Waals surface area contributed by atoms with E-state index in [-0.39, 0.29) is 11.2 Å². The average Bonchev–Trinajstić information content (AvgIpc) is 3.15. The van der Waals surface area contributed by atoms with Crippen LogP contribution in [-0.2, 0) is 0 Å². The molecule has 0 amide bonds. The third-order valence-corrected chi connectivity index (χ3v) is 6.47. The summed E-state index contributed by atoms with van der Waals surface area (Å²) in [6, 6.07) is 11.9. The van der Waals surface area contributed by atoms with Gasteiger partial charge in [0, 0.05) is 17.3 Å². The molecule has 3 heteroatoms. The van der Waals surface area contributed by atoms with Crippen molar-refractivity contribution < 1.29 is 4.79 Å². The number of Topliss-reactive ketones (excluding diaryl/α,β-unsaturated/α-hetero) is 1. The molecule has 1 fully saturated rings. The standard InChI is InChI=1S/C22H30N2O/c1-4-21(3,5-2)12-13-22(14-15-23-16-22)20(25)19-11-10-17-8-6-7-9-18(17)24-19/h6-11,23H,4-5,12-16H2,1-3H3. The van der Waals surface area contributed by atoms with E-state index in [2.05, 4.69) is 31.1 Å². The molecule has 2 aromatic rings. The van der Waals surface area contributed by atoms with Crippen molar-refractivity contribution in [3.05, 3.63) is 42.1 Å². The molecule has 1 aromatic carbocycles. The molecule has 1 aliphatic heterocycles. The van der Waals surface area contributed by atoms with E-state index in [0.29, 0.717) is 11.1 Å². The van der Waals surface area contributed by atoms with Gasteiger partial charge in [0.2, 0.25) is 0 Å². The lowest BCUT2D eigenvalue weighted by Crippen LogP contribution is -2.35. The van der Waals surface area contributed by atoms with Crippen molar-refractivity contribution in [3.63, 3.8) is 0 Å². The van der Waals surface area contributed by atoms with Gasteiger partial charge in [-0.15, -0.1) is 0 Å². The number of nitrogens with one attached hydrogen (secondary N) is 1. The van der Waals surface area contributed by atoms with Crippen molar-refractivity contribution in [1.29, 1.82) is 0 Å². The van der Waals surface area contributed by atoms with Crippen LogP contribution in [0, 0.1) is 10.8 Å². The Labute approximate surface area is 151 Å². The summed E-state index contributed by atoms with van der Waals surface area (Å²) in [5, 5.41) is 4.51. The van der Waals surface area contributed by atoms with E-state index in [1.54, 1.807) is 0 Å². The lowest BCUT2D eigenvalue weighted by molar-refractivity contribution is 0.0767. The van der Waals surface area contributed by atoms with E-state index in [1.807, 2.05) is 36.4 Å². The molecule has 1 saturated heterocycles. The van der Waals surface area contributed by atoms with Crippen molar-refractivity contribution in [2.45, 2.75) is 52.9 Å². The number of hydrogen-bond donors (Lipinski definition) is 1. The molecule has 3 rings (SSSR count). The lowest BCUT2D eigenvalue weighted by atomic mass is 9.70. The van der Waals surface area contributed by atoms with Gasteiger partial charge in [-0.1, -0.05) is 57.9 Å². The first-order valence-electron chi connectivity index (χ1n) is 9.63. The molecular weight excluding hydrogens is 308 g/mol. The van der Waals surface area contributed by atoms with Crippen molar-refractivity contribution >= 4 is 16.7 Å². The van der Waals surface area contributed by atoms with Crippen LogP contribution in [0.1, 0.15) is 63.4 Å². The van der Waals surface area contributed by atoms with Crippen LogP contribution in [0.4, 0.5) is 0 Å². The summed E-state index contributed by atoms with van der Waals surface area (Å²) in [7, 11) is 0. The molecule has 1 atom stereocenters. The van der Waals surface area contributed by atoms with E-state index in [0.717, 1.165) is 56.1 Å². The van der Waals surface area contributed by atoms with Crippen LogP contribution >= 0.6 is 0 Å². The molecule has 1 aromatic heterocycles. The Hall–Kier alpha value is -1.74. The fourth-order valence-corrected chi connectivity index (χ4v) is 3.87. The molecule has 2 heterocycles. The number of fused-ring (bicyclic) bond motifs is 1. The van der Waals surface area contributed by atoms with Crippen LogP contribution < -0.4 is 5.32 Å². The van der Waals surface area contributed by atoms with Gasteiger partial charge in [0.1, 0.15) is 5.69 Å². The lowest BCUT2D eigenvalue weighted by Gasteiger charge is -2.33. The number of nitrogens with zero attached hydrogens (tertiary/aromatic N) is 1. The van der Waals surface area contributed by atoms with E-state index >= 15 is 0 Å². The maximum Gasteiger partial charge on any atom is 0.188 e. The second kappa shape index (κ2) is 7.25. The number of benzene rings is 1. The van der Waals surface area contributed by atoms with E-state index < -0.39 is 0 Å². The molecule has 0 spiro atoms. The summed E-state index contributed by atoms with van der Waals surface area (Å²) in [5.74, 6) is 0.220. The highest BCUT2D eigenvalue weighted by Crippen LogP contribution is 2.41. The number of carbonyl (C=O) groups excluding carboxylic acids is 1. The van der Waals surface area contributed by atoms with Crippen LogP contribution in [0.15, 0.2) is 36.4 Å². The topological polar surface area (TPSA) is 42.0 Å². The molecule has 0 saturated carbocycles. The summed E-state index contributed by atoms with van der Waals surface area (Å²) < 4.78 is 0. The molecule has 1 N–H and O–H groups in total. The zero-order valence-electron chi connectivity index (χ0n) is 15.8. The summed E-state index contributed by atoms with van der Waals surface area (Å²) in [4.78, 5) is 18.1. The molecule has 1 unspecified atom stereocenters. The molecule has 1 aliphatic rings. The number of aromatic nitrogens is 1. The van der Waals surface area contributed by atoms with Crippen LogP contribution in [0.25, 0.3) is 10.9 Å². The molecule has 25 heavy (non-hydrogen) atoms. The second-order valence-electron chi connectivity index (χ2n) is 7.94. The maximum atomic E-state index is 13.4. The molecule has 0 bridgehead atoms. The Bertz CT molecular complexity index is 743. The first-order valence-corrected chi connectivity index (χ1v) is 9.63. The number of carbonyl (C=O) groups is 1. The minimum Gasteiger partial charge on any atom is -0.316 e. The van der Waals surface area contributed by atoms with Gasteiger partial charge >= 0.3 is 0 Å². The average molecular weight is 338 g/mol. The first-order chi connectivity index (χ1) is 12.0. The molecule has 0 radical (unpaired) electrons. The zero-order chi connectivity index (χ0) is 17.9. The van der Waals surface area contributed by atoms with Crippen molar-refractivity contribution in [3.8, 4) is 0 Å². The molecular formula is C22H30N2O. The van der Waals surface area contributed by atoms with Gasteiger partial charge < -0.3 is 5.32 Å². The Morgan fingerprint density at radius 2 is 1.96 bits per heavy atom. The summed E-state index contributed by atoms with van der Waals surface area (Å²) in [6.45, 7) is 8.57. The summed E-state index contributed by atoms with van der Waals surface area (Å²) in [6.07, 6.45) is 5.29. The van der Waals surface area contributed by atoms with E-state index in [4.69, 9.17) is 0 Å². The number of pyridine rings is 1. The van der Waals surface area contributed by atoms with Gasteiger partial charge in [0.15, 0.2) is 5.78 Å². The number of para-hydroxylation sites is 1. The maximum absolute atomic E-state index is 13.4. The molecule has 134 valence electrons. The second-order valence-corrected chi connectivity index (χ2v) is 7.94. The largest absolute Gasteiger partial charge is 0.316 e. The van der Waals surface area contributed by atoms with Crippen LogP contribution in [0.3, 0.4) is 0 Å². The molecule has 0 aliphatic carbocycles. The Morgan fingerprint density at radius 1 is 1.20 bits per heavy atom. The third kappa shape index (κ3) is 3.62. The van der Waals surface area contributed by atoms with Gasteiger partial charge in [-0.25, -0.2) is 4.98 Å². The normalized spacial score (nSPS) is 20.9. The smallest absolute Gasteiger partial charge is 0.188 e. The Balaban J connectivity index is 1.87. The summed E-state index contributed by atoms with van der Waals surface area (Å²) >= 11 is 0. The SMILES string of the molecule is CCC(C)(CC)CCC1(C(=O)c2ccc3ccccc3n2)CCNC1. The van der Waals surface area contributed by atoms with E-state index in [1.165, 1.54) is 0 Å². The number of hydrogen-bond acceptors (Lipinski definition) is 3. The van der Waals surface area contributed by atoms with Crippen molar-refractivity contribution in [2.75, 3.05) is 13.1 Å². The first kappa shape index (κ1) is 18.1. The minimum atomic E-state index is -0.291. The van der Waals surface area contributed by atoms with Crippen LogP contribution in [-0.4, -0.2) is 23.9 Å². The fraction of sp³-hybridized carbons (Fsp3) is 0.545. The van der Waals surface area contributed by atoms with Gasteiger partial charge in [0.25, 0.3) is 0 Å². The highest BCUT2D eigenvalue weighted by atomic mass is 16.1. The quantitative estimate of drug-likeness (QED) is 0.722. The Kier molecular flexibility index (Phi) is 5.24. The fourth-order valence-electron chi connectivity index (χ4n) is 3.87. The number of ketones is 1. The van der Waals surface area contributed by atoms with Crippen molar-refractivity contribution in [2.24, 2.45) is 10.8 Å². The predicted molar refractivity (Wildman–Crippen MR) is 104 cm³/mol. The summed E-state index contributed by atoms with van der Waals surface area (Å²) in [5.41, 5.74) is 1.56. The van der Waals surface area contributed by atoms with E-state index in [9.17, 15) is 4.79 Å². The minimum absolute atomic E-state index is 0.220. The zero-order valence-corrected chi connectivity index (χ0v) is 15.8. The van der Waals surface area contributed by atoms with Gasteiger partial charge in [-0.2, -0.15) is 0 Å². The van der Waals surface area contributed by atoms with Crippen LogP contribution in [0.5, 0.6) is 0 Å². The highest BCUT2D eigenvalue weighted by molar-refractivity contribution is 6.01. The van der Waals surface area contributed by atoms with Gasteiger partial charge in [-0.05, 0) is 43.4 Å². The van der Waals surface area contributed by atoms with Gasteiger partial charge in [0.05, 0.1) is 5.52 Å². The predicted octanol–water partition coefficient (Wildman–Crippen LogP) is 5.00. The van der Waals surface area contributed by atoms with Crippen LogP contribution in [0.2, 0.25) is 0 Å². The highest BCUT2D eigenvalue weighted by Gasteiger charge is 2.43. The third-order valence-electron chi connectivity index (χ3n) is 6.47. The monoisotopic (exact) mass is 338 g/mol. The Morgan fingerprint density at radius 3 is 2.64 bits per heavy atom.